The molecule has 0 saturated heterocycles. The van der Waals surface area contributed by atoms with Gasteiger partial charge in [0.25, 0.3) is 12.3 Å². The number of halogens is 6. The van der Waals surface area contributed by atoms with Crippen LogP contribution in [0.3, 0.4) is 0 Å². The Kier molecular flexibility index (Phi) is 12.4. The van der Waals surface area contributed by atoms with Crippen LogP contribution in [0, 0.1) is 12.7 Å². The normalized spacial score (nSPS) is 12.2. The first kappa shape index (κ1) is 35.2. The molecule has 0 aliphatic carbocycles. The first-order valence-electron chi connectivity index (χ1n) is 12.8. The Balaban J connectivity index is 0.00000216. The maximum absolute atomic E-state index is 14.3. The van der Waals surface area contributed by atoms with Gasteiger partial charge in [0.1, 0.15) is 28.9 Å². The van der Waals surface area contributed by atoms with E-state index >= 15 is 0 Å². The van der Waals surface area contributed by atoms with E-state index in [1.807, 2.05) is 0 Å². The number of carbonyl (C=O) groups is 2. The van der Waals surface area contributed by atoms with Gasteiger partial charge in [-0.15, -0.1) is 0 Å². The maximum atomic E-state index is 14.3. The number of nitrogens with two attached hydrogens (primary N) is 3. The quantitative estimate of drug-likeness (QED) is 0.141. The molecular formula is C29H31F6N5O4. The van der Waals surface area contributed by atoms with Crippen LogP contribution in [-0.4, -0.2) is 50.2 Å². The third-order valence-electron chi connectivity index (χ3n) is 6.03. The van der Waals surface area contributed by atoms with Crippen molar-refractivity contribution in [3.8, 4) is 22.8 Å². The second-order valence-corrected chi connectivity index (χ2v) is 9.05. The van der Waals surface area contributed by atoms with Crippen molar-refractivity contribution in [2.45, 2.75) is 32.4 Å². The Morgan fingerprint density at radius 3 is 2.27 bits per heavy atom. The van der Waals surface area contributed by atoms with Crippen molar-refractivity contribution in [3.05, 3.63) is 76.4 Å². The molecule has 1 aromatic heterocycles. The Morgan fingerprint density at radius 2 is 1.75 bits per heavy atom. The molecule has 3 rings (SSSR count). The second-order valence-electron chi connectivity index (χ2n) is 9.05. The number of pyridine rings is 1. The Labute approximate surface area is 249 Å². The van der Waals surface area contributed by atoms with Gasteiger partial charge in [-0.1, -0.05) is 0 Å². The molecular weight excluding hydrogens is 596 g/mol. The van der Waals surface area contributed by atoms with E-state index in [2.05, 4.69) is 16.0 Å². The lowest BCUT2D eigenvalue weighted by Crippen LogP contribution is -2.35. The number of benzene rings is 2. The summed E-state index contributed by atoms with van der Waals surface area (Å²) in [4.78, 5) is 25.7. The molecule has 9 nitrogen and oxygen atoms in total. The lowest BCUT2D eigenvalue weighted by Gasteiger charge is -2.23. The van der Waals surface area contributed by atoms with Crippen molar-refractivity contribution < 1.29 is 45.4 Å². The number of anilines is 1. The smallest absolute Gasteiger partial charge is 0.398 e. The minimum absolute atomic E-state index is 0.0638. The molecule has 0 spiro atoms. The van der Waals surface area contributed by atoms with E-state index in [0.29, 0.717) is 11.1 Å². The van der Waals surface area contributed by atoms with E-state index in [0.717, 1.165) is 30.3 Å². The summed E-state index contributed by atoms with van der Waals surface area (Å²) in [6.07, 6.45) is -6.74. The van der Waals surface area contributed by atoms with Crippen LogP contribution in [0.4, 0.5) is 32.0 Å². The van der Waals surface area contributed by atoms with Gasteiger partial charge in [-0.2, -0.15) is 13.2 Å². The summed E-state index contributed by atoms with van der Waals surface area (Å²) >= 11 is 0. The van der Waals surface area contributed by atoms with Gasteiger partial charge in [-0.05, 0) is 68.0 Å². The zero-order valence-corrected chi connectivity index (χ0v) is 23.8. The maximum Gasteiger partial charge on any atom is 0.398 e. The molecule has 0 fully saturated rings. The number of methoxy groups -OCH3 is 1. The number of nitrogens with zero attached hydrogens (tertiary/aromatic N) is 1. The highest BCUT2D eigenvalue weighted by Crippen LogP contribution is 2.39. The summed E-state index contributed by atoms with van der Waals surface area (Å²) in [6.45, 7) is 2.55. The van der Waals surface area contributed by atoms with Crippen molar-refractivity contribution in [2.75, 3.05) is 26.0 Å². The van der Waals surface area contributed by atoms with Crippen LogP contribution in [0.2, 0.25) is 0 Å². The van der Waals surface area contributed by atoms with E-state index in [4.69, 9.17) is 25.7 Å². The molecule has 238 valence electrons. The number of hydrogen-bond acceptors (Lipinski definition) is 7. The van der Waals surface area contributed by atoms with Gasteiger partial charge < -0.3 is 32.0 Å². The minimum Gasteiger partial charge on any atom is -0.495 e. The molecule has 2 aromatic carbocycles. The van der Waals surface area contributed by atoms with Gasteiger partial charge in [0.15, 0.2) is 0 Å². The number of amides is 2. The highest BCUT2D eigenvalue weighted by molar-refractivity contribution is 5.96. The summed E-state index contributed by atoms with van der Waals surface area (Å²) in [5.74, 6) is -3.56. The van der Waals surface area contributed by atoms with Crippen molar-refractivity contribution in [3.63, 3.8) is 0 Å². The first-order chi connectivity index (χ1) is 20.7. The molecule has 3 aromatic rings. The fourth-order valence-electron chi connectivity index (χ4n) is 3.99. The highest BCUT2D eigenvalue weighted by Gasteiger charge is 2.42. The molecule has 15 heteroatoms. The van der Waals surface area contributed by atoms with Crippen LogP contribution in [0.5, 0.6) is 11.5 Å². The zero-order valence-electron chi connectivity index (χ0n) is 23.8. The topological polar surface area (TPSA) is 156 Å². The lowest BCUT2D eigenvalue weighted by molar-refractivity contribution is -0.149. The molecule has 1 unspecified atom stereocenters. The van der Waals surface area contributed by atoms with E-state index in [1.54, 1.807) is 13.8 Å². The monoisotopic (exact) mass is 627 g/mol. The number of aryl methyl sites for hydroxylation is 1. The minimum atomic E-state index is -4.83. The van der Waals surface area contributed by atoms with Gasteiger partial charge in [-0.3, -0.25) is 9.59 Å². The number of rotatable bonds is 10. The van der Waals surface area contributed by atoms with Gasteiger partial charge in [0.05, 0.1) is 30.8 Å². The zero-order chi connectivity index (χ0) is 33.2. The molecule has 0 bridgehead atoms. The Bertz CT molecular complexity index is 1480. The van der Waals surface area contributed by atoms with Crippen LogP contribution >= 0.6 is 0 Å². The fraction of sp³-hybridized carbons (Fsp3) is 0.276. The van der Waals surface area contributed by atoms with Crippen LogP contribution in [-0.2, 0) is 4.79 Å². The first-order valence-corrected chi connectivity index (χ1v) is 12.8. The van der Waals surface area contributed by atoms with Crippen LogP contribution in [0.1, 0.15) is 40.0 Å². The summed E-state index contributed by atoms with van der Waals surface area (Å²) in [6, 6.07) is 8.52. The number of hydrogen-bond donors (Lipinski definition) is 4. The number of allylic oxidation sites excluding steroid dienone is 1. The van der Waals surface area contributed by atoms with Crippen molar-refractivity contribution in [2.24, 2.45) is 11.5 Å². The van der Waals surface area contributed by atoms with Crippen LogP contribution in [0.15, 0.2) is 48.2 Å². The number of aromatic nitrogens is 1. The summed E-state index contributed by atoms with van der Waals surface area (Å²) in [5.41, 5.74) is 14.5. The average molecular weight is 628 g/mol. The van der Waals surface area contributed by atoms with Crippen molar-refractivity contribution in [1.82, 2.24) is 10.3 Å². The van der Waals surface area contributed by atoms with Gasteiger partial charge >= 0.3 is 6.18 Å². The molecule has 0 saturated carbocycles. The predicted molar refractivity (Wildman–Crippen MR) is 152 cm³/mol. The van der Waals surface area contributed by atoms with Crippen LogP contribution in [0.25, 0.3) is 17.3 Å². The molecule has 1 heterocycles. The summed E-state index contributed by atoms with van der Waals surface area (Å²) in [7, 11) is 1.22. The Hall–Kier alpha value is -4.95. The third kappa shape index (κ3) is 9.02. The molecule has 1 atom stereocenters. The van der Waals surface area contributed by atoms with E-state index in [-0.39, 0.29) is 47.0 Å². The number of nitrogen functional groups attached to an aromatic ring is 1. The average Bonchev–Trinajstić information content (AvgIpc) is 2.95. The SMILES string of the molecule is CCOc1c(C)cc(C(CNC(=O)c2cc(/C=C(\N)C(F)F)c(N)c(OC)c2)C(F)(F)F)nc1-c1ccc(F)cc1.NC=O. The molecule has 7 N–H and O–H groups in total. The number of primary amides is 1. The summed E-state index contributed by atoms with van der Waals surface area (Å²) in [5, 5.41) is 2.23. The Morgan fingerprint density at radius 1 is 1.14 bits per heavy atom. The third-order valence-corrected chi connectivity index (χ3v) is 6.03. The van der Waals surface area contributed by atoms with Crippen molar-refractivity contribution in [1.29, 1.82) is 0 Å². The molecule has 44 heavy (non-hydrogen) atoms. The standard InChI is InChI=1S/C28H28F6N4O3.CH3NO/c1-4-41-25-14(2)9-21(38-24(25)15-5-7-18(29)8-6-15)19(28(32,33)34)13-37-27(39)17-10-16(11-20(35)26(30)31)23(36)22(12-17)40-3;2-1-3/h5-12,19,26H,4,13,35-36H2,1-3H3,(H,37,39);1H,(H2,2,3)/b20-11-;. The molecule has 2 amide bonds. The molecule has 0 radical (unpaired) electrons. The van der Waals surface area contributed by atoms with Gasteiger partial charge in [-0.25, -0.2) is 18.2 Å². The molecule has 0 aliphatic heterocycles. The van der Waals surface area contributed by atoms with Crippen LogP contribution < -0.4 is 32.0 Å². The van der Waals surface area contributed by atoms with Gasteiger partial charge in [0.2, 0.25) is 6.41 Å². The highest BCUT2D eigenvalue weighted by atomic mass is 19.4. The van der Waals surface area contributed by atoms with Gasteiger partial charge in [0, 0.05) is 23.2 Å². The lowest BCUT2D eigenvalue weighted by atomic mass is 9.99. The van der Waals surface area contributed by atoms with E-state index in [1.165, 1.54) is 25.3 Å². The second kappa shape index (κ2) is 15.5. The number of ether oxygens (including phenoxy) is 2. The van der Waals surface area contributed by atoms with Crippen molar-refractivity contribution >= 4 is 24.1 Å². The van der Waals surface area contributed by atoms with E-state index < -0.39 is 48.2 Å². The predicted octanol–water partition coefficient (Wildman–Crippen LogP) is 4.93. The fourth-order valence-corrected chi connectivity index (χ4v) is 3.99. The largest absolute Gasteiger partial charge is 0.495 e. The molecule has 0 aliphatic rings. The number of alkyl halides is 5. The number of carbonyl (C=O) groups excluding carboxylic acids is 2. The summed E-state index contributed by atoms with van der Waals surface area (Å²) < 4.78 is 92.9. The number of nitrogens with one attached hydrogen (secondary N) is 1. The van der Waals surface area contributed by atoms with E-state index in [9.17, 15) is 31.1 Å².